The molecule has 0 radical (unpaired) electrons. The first-order valence-corrected chi connectivity index (χ1v) is 5.99. The maximum Gasteiger partial charge on any atom is 0.243 e. The summed E-state index contributed by atoms with van der Waals surface area (Å²) in [6.45, 7) is 6.92. The van der Waals surface area contributed by atoms with Gasteiger partial charge in [0.2, 0.25) is 5.91 Å². The molecule has 0 fully saturated rings. The predicted octanol–water partition coefficient (Wildman–Crippen LogP) is 2.11. The van der Waals surface area contributed by atoms with Gasteiger partial charge in [-0.2, -0.15) is 0 Å². The Kier molecular flexibility index (Phi) is 4.70. The van der Waals surface area contributed by atoms with Gasteiger partial charge in [0.1, 0.15) is 6.04 Å². The van der Waals surface area contributed by atoms with Crippen LogP contribution in [0.5, 0.6) is 0 Å². The summed E-state index contributed by atoms with van der Waals surface area (Å²) in [6.07, 6.45) is 0. The van der Waals surface area contributed by atoms with Crippen LogP contribution in [-0.4, -0.2) is 24.4 Å². The molecule has 1 amide bonds. The molecule has 0 saturated carbocycles. The molecule has 17 heavy (non-hydrogen) atoms. The molecule has 1 rings (SSSR count). The molecule has 0 heterocycles. The fraction of sp³-hybridized carbons (Fsp3) is 0.500. The van der Waals surface area contributed by atoms with E-state index < -0.39 is 6.04 Å². The van der Waals surface area contributed by atoms with Crippen molar-refractivity contribution >= 4 is 5.91 Å². The number of likely N-dealkylation sites (N-methyl/N-ethyl adjacent to an activating group) is 1. The molecule has 1 aromatic rings. The largest absolute Gasteiger partial charge is 0.344 e. The van der Waals surface area contributed by atoms with Crippen molar-refractivity contribution in [3.63, 3.8) is 0 Å². The van der Waals surface area contributed by atoms with E-state index in [1.165, 1.54) is 5.56 Å². The van der Waals surface area contributed by atoms with E-state index in [0.29, 0.717) is 5.92 Å². The molecule has 3 nitrogen and oxygen atoms in total. The first kappa shape index (κ1) is 13.7. The first-order valence-electron chi connectivity index (χ1n) is 5.99. The zero-order chi connectivity index (χ0) is 13.0. The number of nitrogens with two attached hydrogens (primary N) is 1. The number of benzene rings is 1. The Bertz CT molecular complexity index is 370. The van der Waals surface area contributed by atoms with Gasteiger partial charge in [0.25, 0.3) is 0 Å². The van der Waals surface area contributed by atoms with Crippen LogP contribution in [0.15, 0.2) is 24.3 Å². The van der Waals surface area contributed by atoms with Gasteiger partial charge in [-0.1, -0.05) is 43.7 Å². The lowest BCUT2D eigenvalue weighted by atomic mass is 10.0. The molecule has 0 aromatic heterocycles. The van der Waals surface area contributed by atoms with E-state index in [-0.39, 0.29) is 5.91 Å². The van der Waals surface area contributed by atoms with Crippen molar-refractivity contribution in [2.45, 2.75) is 26.8 Å². The van der Waals surface area contributed by atoms with Gasteiger partial charge in [-0.15, -0.1) is 0 Å². The Morgan fingerprint density at radius 3 is 2.29 bits per heavy atom. The van der Waals surface area contributed by atoms with Gasteiger partial charge in [-0.3, -0.25) is 4.79 Å². The molecule has 2 N–H and O–H groups in total. The van der Waals surface area contributed by atoms with E-state index in [2.05, 4.69) is 13.8 Å². The molecule has 0 aliphatic carbocycles. The molecule has 0 aliphatic rings. The smallest absolute Gasteiger partial charge is 0.243 e. The third-order valence-corrected chi connectivity index (χ3v) is 2.72. The van der Waals surface area contributed by atoms with Gasteiger partial charge in [0.05, 0.1) is 0 Å². The van der Waals surface area contributed by atoms with Gasteiger partial charge in [-0.05, 0) is 18.4 Å². The van der Waals surface area contributed by atoms with E-state index in [1.54, 1.807) is 11.9 Å². The maximum atomic E-state index is 12.1. The minimum Gasteiger partial charge on any atom is -0.344 e. The molecule has 1 aromatic carbocycles. The van der Waals surface area contributed by atoms with Crippen molar-refractivity contribution in [1.29, 1.82) is 0 Å². The van der Waals surface area contributed by atoms with Crippen molar-refractivity contribution in [2.75, 3.05) is 13.6 Å². The highest BCUT2D eigenvalue weighted by Gasteiger charge is 2.19. The average molecular weight is 234 g/mol. The minimum absolute atomic E-state index is 0.0254. The van der Waals surface area contributed by atoms with Gasteiger partial charge in [0, 0.05) is 13.6 Å². The maximum absolute atomic E-state index is 12.1. The summed E-state index contributed by atoms with van der Waals surface area (Å²) in [5, 5.41) is 0. The minimum atomic E-state index is -0.556. The van der Waals surface area contributed by atoms with Crippen LogP contribution in [0.4, 0.5) is 0 Å². The molecular weight excluding hydrogens is 212 g/mol. The zero-order valence-corrected chi connectivity index (χ0v) is 11.1. The molecule has 94 valence electrons. The second-order valence-electron chi connectivity index (χ2n) is 5.00. The summed E-state index contributed by atoms with van der Waals surface area (Å²) in [4.78, 5) is 13.8. The molecule has 3 heteroatoms. The Labute approximate surface area is 104 Å². The zero-order valence-electron chi connectivity index (χ0n) is 11.1. The first-order chi connectivity index (χ1) is 7.91. The molecule has 0 aliphatic heterocycles. The van der Waals surface area contributed by atoms with Crippen LogP contribution in [-0.2, 0) is 4.79 Å². The third kappa shape index (κ3) is 3.86. The number of hydrogen-bond donors (Lipinski definition) is 1. The number of hydrogen-bond acceptors (Lipinski definition) is 2. The van der Waals surface area contributed by atoms with Crippen LogP contribution >= 0.6 is 0 Å². The van der Waals surface area contributed by atoms with E-state index in [0.717, 1.165) is 12.1 Å². The summed E-state index contributed by atoms with van der Waals surface area (Å²) in [7, 11) is 1.80. The monoisotopic (exact) mass is 234 g/mol. The topological polar surface area (TPSA) is 46.3 Å². The Morgan fingerprint density at radius 2 is 1.82 bits per heavy atom. The third-order valence-electron chi connectivity index (χ3n) is 2.72. The Balaban J connectivity index is 2.72. The highest BCUT2D eigenvalue weighted by Crippen LogP contribution is 2.14. The fourth-order valence-electron chi connectivity index (χ4n) is 1.79. The van der Waals surface area contributed by atoms with E-state index in [1.807, 2.05) is 31.2 Å². The van der Waals surface area contributed by atoms with Gasteiger partial charge >= 0.3 is 0 Å². The van der Waals surface area contributed by atoms with Crippen molar-refractivity contribution < 1.29 is 4.79 Å². The Morgan fingerprint density at radius 1 is 1.29 bits per heavy atom. The predicted molar refractivity (Wildman–Crippen MR) is 70.6 cm³/mol. The molecular formula is C14H22N2O. The average Bonchev–Trinajstić information content (AvgIpc) is 2.27. The molecule has 0 spiro atoms. The summed E-state index contributed by atoms with van der Waals surface area (Å²) < 4.78 is 0. The Hall–Kier alpha value is -1.35. The lowest BCUT2D eigenvalue weighted by Gasteiger charge is -2.23. The highest BCUT2D eigenvalue weighted by molar-refractivity contribution is 5.82. The number of amides is 1. The molecule has 0 saturated heterocycles. The van der Waals surface area contributed by atoms with Crippen LogP contribution in [0, 0.1) is 12.8 Å². The number of carbonyl (C=O) groups is 1. The summed E-state index contributed by atoms with van der Waals surface area (Å²) in [6, 6.07) is 7.23. The molecule has 1 unspecified atom stereocenters. The lowest BCUT2D eigenvalue weighted by molar-refractivity contribution is -0.131. The summed E-state index contributed by atoms with van der Waals surface area (Å²) >= 11 is 0. The molecule has 1 atom stereocenters. The van der Waals surface area contributed by atoms with E-state index in [9.17, 15) is 4.79 Å². The van der Waals surface area contributed by atoms with Crippen molar-refractivity contribution in [2.24, 2.45) is 11.7 Å². The van der Waals surface area contributed by atoms with Crippen LogP contribution in [0.3, 0.4) is 0 Å². The molecule has 0 bridgehead atoms. The van der Waals surface area contributed by atoms with E-state index >= 15 is 0 Å². The van der Waals surface area contributed by atoms with Crippen molar-refractivity contribution in [1.82, 2.24) is 4.90 Å². The van der Waals surface area contributed by atoms with Crippen LogP contribution in [0.1, 0.15) is 31.0 Å². The summed E-state index contributed by atoms with van der Waals surface area (Å²) in [5.41, 5.74) is 8.02. The highest BCUT2D eigenvalue weighted by atomic mass is 16.2. The lowest BCUT2D eigenvalue weighted by Crippen LogP contribution is -2.37. The fourth-order valence-corrected chi connectivity index (χ4v) is 1.79. The quantitative estimate of drug-likeness (QED) is 0.867. The van der Waals surface area contributed by atoms with Gasteiger partial charge in [0.15, 0.2) is 0 Å². The van der Waals surface area contributed by atoms with E-state index in [4.69, 9.17) is 5.73 Å². The second-order valence-corrected chi connectivity index (χ2v) is 5.00. The number of aryl methyl sites for hydroxylation is 1. The van der Waals surface area contributed by atoms with Crippen molar-refractivity contribution in [3.8, 4) is 0 Å². The van der Waals surface area contributed by atoms with Gasteiger partial charge < -0.3 is 10.6 Å². The standard InChI is InChI=1S/C14H22N2O/c1-10(2)9-16(4)14(17)13(15)12-7-5-11(3)6-8-12/h5-8,10,13H,9,15H2,1-4H3. The van der Waals surface area contributed by atoms with Crippen LogP contribution in [0.2, 0.25) is 0 Å². The number of carbonyl (C=O) groups excluding carboxylic acids is 1. The van der Waals surface area contributed by atoms with Gasteiger partial charge in [-0.25, -0.2) is 0 Å². The summed E-state index contributed by atoms with van der Waals surface area (Å²) in [5.74, 6) is 0.428. The SMILES string of the molecule is Cc1ccc(C(N)C(=O)N(C)CC(C)C)cc1. The number of nitrogens with zero attached hydrogens (tertiary/aromatic N) is 1. The van der Waals surface area contributed by atoms with Crippen LogP contribution < -0.4 is 5.73 Å². The number of rotatable bonds is 4. The normalized spacial score (nSPS) is 12.6. The van der Waals surface area contributed by atoms with Crippen LogP contribution in [0.25, 0.3) is 0 Å². The van der Waals surface area contributed by atoms with Crippen molar-refractivity contribution in [3.05, 3.63) is 35.4 Å². The second kappa shape index (κ2) is 5.82.